The number of anilines is 1. The van der Waals surface area contributed by atoms with Crippen molar-refractivity contribution in [1.82, 2.24) is 9.78 Å². The largest absolute Gasteiger partial charge is 0.396 e. The minimum Gasteiger partial charge on any atom is -0.396 e. The zero-order valence-corrected chi connectivity index (χ0v) is 7.07. The van der Waals surface area contributed by atoms with Gasteiger partial charge >= 0.3 is 0 Å². The van der Waals surface area contributed by atoms with Crippen molar-refractivity contribution in [3.05, 3.63) is 12.4 Å². The molecule has 0 fully saturated rings. The highest BCUT2D eigenvalue weighted by molar-refractivity contribution is 5.30. The number of aromatic nitrogens is 2. The molecule has 12 heavy (non-hydrogen) atoms. The van der Waals surface area contributed by atoms with Gasteiger partial charge in [-0.25, -0.2) is 0 Å². The average molecular weight is 164 g/mol. The second-order valence-electron chi connectivity index (χ2n) is 2.80. The highest BCUT2D eigenvalue weighted by atomic mass is 15.3. The maximum atomic E-state index is 8.36. The van der Waals surface area contributed by atoms with Gasteiger partial charge in [0.25, 0.3) is 0 Å². The Hall–Kier alpha value is -1.50. The number of rotatable bonds is 3. The molecule has 1 rings (SSSR count). The third-order valence-electron chi connectivity index (χ3n) is 1.75. The first-order valence-electron chi connectivity index (χ1n) is 3.90. The monoisotopic (exact) mass is 164 g/mol. The van der Waals surface area contributed by atoms with Crippen molar-refractivity contribution in [3.63, 3.8) is 0 Å². The smallest absolute Gasteiger partial charge is 0.0719 e. The molecule has 2 N–H and O–H groups in total. The number of hydrogen-bond donors (Lipinski definition) is 1. The summed E-state index contributed by atoms with van der Waals surface area (Å²) in [5, 5.41) is 12.4. The fourth-order valence-corrected chi connectivity index (χ4v) is 0.999. The van der Waals surface area contributed by atoms with Gasteiger partial charge < -0.3 is 5.73 Å². The van der Waals surface area contributed by atoms with Gasteiger partial charge in [-0.1, -0.05) is 0 Å². The summed E-state index contributed by atoms with van der Waals surface area (Å²) in [5.41, 5.74) is 6.16. The van der Waals surface area contributed by atoms with E-state index in [1.165, 1.54) is 0 Å². The Kier molecular flexibility index (Phi) is 2.70. The van der Waals surface area contributed by atoms with Gasteiger partial charge in [0.15, 0.2) is 0 Å². The van der Waals surface area contributed by atoms with Crippen LogP contribution in [0.3, 0.4) is 0 Å². The van der Waals surface area contributed by atoms with E-state index in [0.717, 1.165) is 6.42 Å². The summed E-state index contributed by atoms with van der Waals surface area (Å²) in [7, 11) is 0. The molecule has 0 saturated heterocycles. The van der Waals surface area contributed by atoms with Crippen LogP contribution in [0.15, 0.2) is 12.4 Å². The fourth-order valence-electron chi connectivity index (χ4n) is 0.999. The number of hydrogen-bond acceptors (Lipinski definition) is 3. The molecular weight excluding hydrogens is 152 g/mol. The zero-order chi connectivity index (χ0) is 8.97. The molecule has 1 atom stereocenters. The van der Waals surface area contributed by atoms with E-state index in [4.69, 9.17) is 11.0 Å². The predicted octanol–water partition coefficient (Wildman–Crippen LogP) is 1.33. The molecule has 0 saturated carbocycles. The van der Waals surface area contributed by atoms with Crippen molar-refractivity contribution < 1.29 is 0 Å². The molecule has 0 radical (unpaired) electrons. The number of nitrogens with zero attached hydrogens (tertiary/aromatic N) is 3. The molecule has 1 heterocycles. The molecule has 0 aliphatic rings. The van der Waals surface area contributed by atoms with Gasteiger partial charge in [-0.3, -0.25) is 4.68 Å². The van der Waals surface area contributed by atoms with Crippen LogP contribution in [0.1, 0.15) is 25.8 Å². The first-order valence-corrected chi connectivity index (χ1v) is 3.90. The Morgan fingerprint density at radius 3 is 3.08 bits per heavy atom. The Morgan fingerprint density at radius 1 is 1.83 bits per heavy atom. The third-order valence-corrected chi connectivity index (χ3v) is 1.75. The normalized spacial score (nSPS) is 12.3. The quantitative estimate of drug-likeness (QED) is 0.732. The van der Waals surface area contributed by atoms with Crippen LogP contribution in [0.25, 0.3) is 0 Å². The Bertz CT molecular complexity index is 283. The van der Waals surface area contributed by atoms with Crippen molar-refractivity contribution in [1.29, 1.82) is 5.26 Å². The lowest BCUT2D eigenvalue weighted by Gasteiger charge is -2.08. The molecule has 4 nitrogen and oxygen atoms in total. The van der Waals surface area contributed by atoms with Gasteiger partial charge in [-0.05, 0) is 13.3 Å². The molecule has 1 aromatic heterocycles. The molecule has 0 amide bonds. The molecule has 0 bridgehead atoms. The Morgan fingerprint density at radius 2 is 2.58 bits per heavy atom. The van der Waals surface area contributed by atoms with E-state index in [9.17, 15) is 0 Å². The van der Waals surface area contributed by atoms with Gasteiger partial charge in [-0.2, -0.15) is 10.4 Å². The molecule has 0 spiro atoms. The summed E-state index contributed by atoms with van der Waals surface area (Å²) in [6.07, 6.45) is 4.77. The van der Waals surface area contributed by atoms with Crippen molar-refractivity contribution >= 4 is 5.69 Å². The summed E-state index contributed by atoms with van der Waals surface area (Å²) in [5.74, 6) is 0. The van der Waals surface area contributed by atoms with Crippen molar-refractivity contribution in [2.45, 2.75) is 25.8 Å². The average Bonchev–Trinajstić information content (AvgIpc) is 2.47. The lowest BCUT2D eigenvalue weighted by Crippen LogP contribution is -2.04. The van der Waals surface area contributed by atoms with Gasteiger partial charge in [0.2, 0.25) is 0 Å². The summed E-state index contributed by atoms with van der Waals surface area (Å²) in [6.45, 7) is 2.02. The SMILES string of the molecule is CC(CCC#N)n1cc(N)cn1. The second kappa shape index (κ2) is 3.77. The minimum atomic E-state index is 0.252. The molecule has 64 valence electrons. The number of nitrogens with two attached hydrogens (primary N) is 1. The molecular formula is C8H12N4. The predicted molar refractivity (Wildman–Crippen MR) is 46.2 cm³/mol. The van der Waals surface area contributed by atoms with Crippen LogP contribution >= 0.6 is 0 Å². The van der Waals surface area contributed by atoms with E-state index < -0.39 is 0 Å². The maximum Gasteiger partial charge on any atom is 0.0719 e. The van der Waals surface area contributed by atoms with Gasteiger partial charge in [0.1, 0.15) is 0 Å². The highest BCUT2D eigenvalue weighted by Crippen LogP contribution is 2.12. The Labute approximate surface area is 71.6 Å². The minimum absolute atomic E-state index is 0.252. The van der Waals surface area contributed by atoms with Crippen molar-refractivity contribution in [2.24, 2.45) is 0 Å². The highest BCUT2D eigenvalue weighted by Gasteiger charge is 2.04. The first-order chi connectivity index (χ1) is 5.74. The third kappa shape index (κ3) is 1.99. The summed E-state index contributed by atoms with van der Waals surface area (Å²) < 4.78 is 1.78. The van der Waals surface area contributed by atoms with Crippen LogP contribution in [0.2, 0.25) is 0 Å². The zero-order valence-electron chi connectivity index (χ0n) is 7.07. The summed E-state index contributed by atoms with van der Waals surface area (Å²) in [6, 6.07) is 2.35. The standard InChI is InChI=1S/C8H12N4/c1-7(3-2-4-9)12-6-8(10)5-11-12/h5-7H,2-3,10H2,1H3. The van der Waals surface area contributed by atoms with Crippen LogP contribution in [0.5, 0.6) is 0 Å². The van der Waals surface area contributed by atoms with Crippen LogP contribution in [0.4, 0.5) is 5.69 Å². The molecule has 1 unspecified atom stereocenters. The fraction of sp³-hybridized carbons (Fsp3) is 0.500. The van der Waals surface area contributed by atoms with E-state index in [-0.39, 0.29) is 6.04 Å². The van der Waals surface area contributed by atoms with Gasteiger partial charge in [0, 0.05) is 12.6 Å². The molecule has 0 aromatic carbocycles. The lowest BCUT2D eigenvalue weighted by atomic mass is 10.2. The van der Waals surface area contributed by atoms with Crippen LogP contribution in [-0.2, 0) is 0 Å². The summed E-state index contributed by atoms with van der Waals surface area (Å²) in [4.78, 5) is 0. The number of nitrogen functional groups attached to an aromatic ring is 1. The van der Waals surface area contributed by atoms with Crippen molar-refractivity contribution in [2.75, 3.05) is 5.73 Å². The van der Waals surface area contributed by atoms with E-state index in [0.29, 0.717) is 12.1 Å². The first kappa shape index (κ1) is 8.60. The van der Waals surface area contributed by atoms with Crippen LogP contribution < -0.4 is 5.73 Å². The second-order valence-corrected chi connectivity index (χ2v) is 2.80. The van der Waals surface area contributed by atoms with E-state index in [2.05, 4.69) is 11.2 Å². The van der Waals surface area contributed by atoms with E-state index in [1.54, 1.807) is 17.1 Å². The lowest BCUT2D eigenvalue weighted by molar-refractivity contribution is 0.465. The summed E-state index contributed by atoms with van der Waals surface area (Å²) >= 11 is 0. The molecule has 0 aliphatic carbocycles. The molecule has 0 aliphatic heterocycles. The maximum absolute atomic E-state index is 8.36. The van der Waals surface area contributed by atoms with E-state index in [1.807, 2.05) is 6.92 Å². The van der Waals surface area contributed by atoms with Gasteiger partial charge in [-0.15, -0.1) is 0 Å². The molecule has 1 aromatic rings. The topological polar surface area (TPSA) is 67.6 Å². The molecule has 4 heteroatoms. The van der Waals surface area contributed by atoms with Crippen LogP contribution in [-0.4, -0.2) is 9.78 Å². The van der Waals surface area contributed by atoms with E-state index >= 15 is 0 Å². The van der Waals surface area contributed by atoms with Crippen molar-refractivity contribution in [3.8, 4) is 6.07 Å². The Balaban J connectivity index is 2.54. The van der Waals surface area contributed by atoms with Gasteiger partial charge in [0.05, 0.1) is 24.0 Å². The number of nitriles is 1. The van der Waals surface area contributed by atoms with Crippen LogP contribution in [0, 0.1) is 11.3 Å².